The number of halogens is 3. The molecule has 1 aromatic rings. The van der Waals surface area contributed by atoms with E-state index in [1.807, 2.05) is 0 Å². The van der Waals surface area contributed by atoms with Crippen molar-refractivity contribution in [3.8, 4) is 0 Å². The lowest BCUT2D eigenvalue weighted by atomic mass is 9.85. The van der Waals surface area contributed by atoms with Crippen LogP contribution < -0.4 is 5.32 Å². The molecule has 0 unspecified atom stereocenters. The van der Waals surface area contributed by atoms with Crippen molar-refractivity contribution < 1.29 is 22.7 Å². The third-order valence-electron chi connectivity index (χ3n) is 5.41. The van der Waals surface area contributed by atoms with E-state index in [2.05, 4.69) is 15.2 Å². The zero-order valence-corrected chi connectivity index (χ0v) is 14.7. The number of carbonyl (C=O) groups is 1. The molecule has 9 heteroatoms. The van der Waals surface area contributed by atoms with Gasteiger partial charge in [0.2, 0.25) is 5.91 Å². The van der Waals surface area contributed by atoms with Gasteiger partial charge in [-0.3, -0.25) is 4.79 Å². The van der Waals surface area contributed by atoms with Crippen molar-refractivity contribution in [2.45, 2.75) is 37.4 Å². The fourth-order valence-electron chi connectivity index (χ4n) is 3.86. The van der Waals surface area contributed by atoms with E-state index in [9.17, 15) is 18.0 Å². The molecule has 1 aromatic heterocycles. The van der Waals surface area contributed by atoms with Crippen molar-refractivity contribution in [2.75, 3.05) is 39.4 Å². The Morgan fingerprint density at radius 2 is 1.96 bits per heavy atom. The number of nitrogens with zero attached hydrogens (tertiary/aromatic N) is 3. The van der Waals surface area contributed by atoms with Crippen LogP contribution in [0, 0.1) is 5.92 Å². The maximum Gasteiger partial charge on any atom is 0.405 e. The molecule has 2 aliphatic rings. The summed E-state index contributed by atoms with van der Waals surface area (Å²) in [6.45, 7) is 2.57. The number of amides is 1. The van der Waals surface area contributed by atoms with Gasteiger partial charge < -0.3 is 19.5 Å². The molecule has 2 fully saturated rings. The van der Waals surface area contributed by atoms with Crippen LogP contribution in [0.5, 0.6) is 0 Å². The molecule has 3 heterocycles. The molecular formula is C17H25F3N4O2. The Morgan fingerprint density at radius 3 is 2.54 bits per heavy atom. The first-order valence-electron chi connectivity index (χ1n) is 9.03. The van der Waals surface area contributed by atoms with Crippen molar-refractivity contribution in [1.29, 1.82) is 0 Å². The molecule has 0 aliphatic carbocycles. The molecule has 2 aliphatic heterocycles. The lowest BCUT2D eigenvalue weighted by molar-refractivity contribution is -0.145. The monoisotopic (exact) mass is 374 g/mol. The van der Waals surface area contributed by atoms with E-state index < -0.39 is 24.2 Å². The van der Waals surface area contributed by atoms with Gasteiger partial charge in [-0.25, -0.2) is 4.98 Å². The number of carbonyl (C=O) groups excluding carboxylic acids is 1. The van der Waals surface area contributed by atoms with Gasteiger partial charge in [-0.1, -0.05) is 0 Å². The zero-order valence-electron chi connectivity index (χ0n) is 14.7. The van der Waals surface area contributed by atoms with Crippen LogP contribution in [0.25, 0.3) is 0 Å². The average Bonchev–Trinajstić information content (AvgIpc) is 3.16. The van der Waals surface area contributed by atoms with E-state index in [-0.39, 0.29) is 0 Å². The van der Waals surface area contributed by atoms with Gasteiger partial charge in [0.05, 0.1) is 6.33 Å². The van der Waals surface area contributed by atoms with Gasteiger partial charge in [-0.15, -0.1) is 0 Å². The van der Waals surface area contributed by atoms with E-state index >= 15 is 0 Å². The molecule has 1 amide bonds. The maximum atomic E-state index is 12.7. The molecular weight excluding hydrogens is 349 g/mol. The van der Waals surface area contributed by atoms with Crippen molar-refractivity contribution in [3.05, 3.63) is 18.7 Å². The Bertz CT molecular complexity index is 577. The summed E-state index contributed by atoms with van der Waals surface area (Å²) in [5.74, 6) is 0.00194. The molecule has 0 spiro atoms. The Labute approximate surface area is 150 Å². The van der Waals surface area contributed by atoms with E-state index in [4.69, 9.17) is 4.74 Å². The number of alkyl halides is 3. The molecule has 1 N–H and O–H groups in total. The highest BCUT2D eigenvalue weighted by Gasteiger charge is 2.44. The summed E-state index contributed by atoms with van der Waals surface area (Å²) in [5, 5.41) is 2.07. The standard InChI is InChI=1S/C17H25F3N4O2/c18-17(19,20)12-22-15(25)16(24-8-5-21-13-24)3-6-23(7-4-16)11-14-1-9-26-10-2-14/h5,8,13-14H,1-4,6-7,9-12H2,(H,22,25). The van der Waals surface area contributed by atoms with Crippen molar-refractivity contribution in [1.82, 2.24) is 19.8 Å². The average molecular weight is 374 g/mol. The molecule has 0 aromatic carbocycles. The number of hydrogen-bond donors (Lipinski definition) is 1. The van der Waals surface area contributed by atoms with Crippen LogP contribution in [0.2, 0.25) is 0 Å². The summed E-state index contributed by atoms with van der Waals surface area (Å²) in [6, 6.07) is 0. The summed E-state index contributed by atoms with van der Waals surface area (Å²) in [7, 11) is 0. The first-order valence-corrected chi connectivity index (χ1v) is 9.03. The fraction of sp³-hybridized carbons (Fsp3) is 0.765. The lowest BCUT2D eigenvalue weighted by Crippen LogP contribution is -2.56. The highest BCUT2D eigenvalue weighted by atomic mass is 19.4. The maximum absolute atomic E-state index is 12.7. The van der Waals surface area contributed by atoms with Crippen LogP contribution in [0.15, 0.2) is 18.7 Å². The Kier molecular flexibility index (Phi) is 5.86. The molecule has 146 valence electrons. The first kappa shape index (κ1) is 19.2. The van der Waals surface area contributed by atoms with Gasteiger partial charge >= 0.3 is 6.18 Å². The summed E-state index contributed by atoms with van der Waals surface area (Å²) in [5.41, 5.74) is -1.01. The summed E-state index contributed by atoms with van der Waals surface area (Å²) < 4.78 is 44.6. The van der Waals surface area contributed by atoms with Gasteiger partial charge in [-0.05, 0) is 31.6 Å². The van der Waals surface area contributed by atoms with Gasteiger partial charge in [0.1, 0.15) is 12.1 Å². The van der Waals surface area contributed by atoms with Crippen LogP contribution in [0.1, 0.15) is 25.7 Å². The summed E-state index contributed by atoms with van der Waals surface area (Å²) >= 11 is 0. The summed E-state index contributed by atoms with van der Waals surface area (Å²) in [6.07, 6.45) is 3.31. The minimum atomic E-state index is -4.42. The topological polar surface area (TPSA) is 59.4 Å². The van der Waals surface area contributed by atoms with Gasteiger partial charge in [0, 0.05) is 45.2 Å². The number of rotatable bonds is 5. The highest BCUT2D eigenvalue weighted by molar-refractivity contribution is 5.84. The van der Waals surface area contributed by atoms with Crippen molar-refractivity contribution >= 4 is 5.91 Å². The third-order valence-corrected chi connectivity index (χ3v) is 5.41. The van der Waals surface area contributed by atoms with E-state index in [0.29, 0.717) is 31.8 Å². The Balaban J connectivity index is 1.64. The van der Waals surface area contributed by atoms with Gasteiger partial charge in [0.15, 0.2) is 0 Å². The van der Waals surface area contributed by atoms with Crippen LogP contribution in [-0.4, -0.2) is 65.9 Å². The van der Waals surface area contributed by atoms with Gasteiger partial charge in [-0.2, -0.15) is 13.2 Å². The van der Waals surface area contributed by atoms with Crippen molar-refractivity contribution in [2.24, 2.45) is 5.92 Å². The second-order valence-corrected chi connectivity index (χ2v) is 7.16. The molecule has 2 saturated heterocycles. The number of nitrogens with one attached hydrogen (secondary N) is 1. The molecule has 0 radical (unpaired) electrons. The quantitative estimate of drug-likeness (QED) is 0.854. The Morgan fingerprint density at radius 1 is 1.27 bits per heavy atom. The molecule has 6 nitrogen and oxygen atoms in total. The van der Waals surface area contributed by atoms with Crippen LogP contribution in [0.4, 0.5) is 13.2 Å². The molecule has 3 rings (SSSR count). The molecule has 0 atom stereocenters. The Hall–Kier alpha value is -1.61. The van der Waals surface area contributed by atoms with E-state index in [1.54, 1.807) is 17.0 Å². The number of likely N-dealkylation sites (tertiary alicyclic amines) is 1. The van der Waals surface area contributed by atoms with Crippen LogP contribution >= 0.6 is 0 Å². The second-order valence-electron chi connectivity index (χ2n) is 7.16. The predicted octanol–water partition coefficient (Wildman–Crippen LogP) is 1.78. The SMILES string of the molecule is O=C(NCC(F)(F)F)C1(n2ccnc2)CCN(CC2CCOCC2)CC1. The minimum Gasteiger partial charge on any atom is -0.381 e. The second kappa shape index (κ2) is 7.96. The molecule has 26 heavy (non-hydrogen) atoms. The number of piperidine rings is 1. The van der Waals surface area contributed by atoms with Crippen LogP contribution in [0.3, 0.4) is 0 Å². The number of ether oxygens (including phenoxy) is 1. The summed E-state index contributed by atoms with van der Waals surface area (Å²) in [4.78, 5) is 19.0. The lowest BCUT2D eigenvalue weighted by Gasteiger charge is -2.42. The first-order chi connectivity index (χ1) is 12.4. The van der Waals surface area contributed by atoms with E-state index in [1.165, 1.54) is 6.33 Å². The number of hydrogen-bond acceptors (Lipinski definition) is 4. The molecule has 0 bridgehead atoms. The predicted molar refractivity (Wildman–Crippen MR) is 88.5 cm³/mol. The zero-order chi connectivity index (χ0) is 18.6. The van der Waals surface area contributed by atoms with Crippen LogP contribution in [-0.2, 0) is 15.1 Å². The van der Waals surface area contributed by atoms with Gasteiger partial charge in [0.25, 0.3) is 0 Å². The number of aromatic nitrogens is 2. The fourth-order valence-corrected chi connectivity index (χ4v) is 3.86. The molecule has 0 saturated carbocycles. The van der Waals surface area contributed by atoms with Crippen molar-refractivity contribution in [3.63, 3.8) is 0 Å². The minimum absolute atomic E-state index is 0.469. The number of imidazole rings is 1. The largest absolute Gasteiger partial charge is 0.405 e. The normalized spacial score (nSPS) is 22.3. The third kappa shape index (κ3) is 4.56. The van der Waals surface area contributed by atoms with E-state index in [0.717, 1.165) is 32.6 Å². The highest BCUT2D eigenvalue weighted by Crippen LogP contribution is 2.32. The smallest absolute Gasteiger partial charge is 0.381 e.